The van der Waals surface area contributed by atoms with E-state index in [0.717, 1.165) is 54.9 Å². The highest BCUT2D eigenvalue weighted by atomic mass is 16.3. The van der Waals surface area contributed by atoms with Crippen molar-refractivity contribution in [3.8, 4) is 17.2 Å². The van der Waals surface area contributed by atoms with Crippen LogP contribution < -0.4 is 0 Å². The molecule has 0 bridgehead atoms. The molecule has 1 aromatic heterocycles. The number of hydrogen-bond donors (Lipinski definition) is 4. The third-order valence-corrected chi connectivity index (χ3v) is 4.07. The molecule has 0 saturated carbocycles. The summed E-state index contributed by atoms with van der Waals surface area (Å²) in [5.41, 5.74) is 2.11. The van der Waals surface area contributed by atoms with Crippen molar-refractivity contribution in [3.05, 3.63) is 65.2 Å². The van der Waals surface area contributed by atoms with E-state index in [-0.39, 0.29) is 17.2 Å². The van der Waals surface area contributed by atoms with E-state index in [1.54, 1.807) is 24.3 Å². The number of aromatic nitrogens is 3. The number of H-pyrrole nitrogens is 1. The van der Waals surface area contributed by atoms with Crippen LogP contribution in [0.1, 0.15) is 29.2 Å². The predicted molar refractivity (Wildman–Crippen MR) is 93.7 cm³/mol. The van der Waals surface area contributed by atoms with Crippen LogP contribution in [0.5, 0.6) is 17.2 Å². The molecular weight excluding hydrogens is 318 g/mol. The minimum absolute atomic E-state index is 0.0892. The zero-order valence-corrected chi connectivity index (χ0v) is 13.8. The van der Waals surface area contributed by atoms with Crippen LogP contribution >= 0.6 is 0 Å². The number of rotatable bonds is 7. The molecule has 0 spiro atoms. The van der Waals surface area contributed by atoms with Gasteiger partial charge >= 0.3 is 0 Å². The average Bonchev–Trinajstić information content (AvgIpc) is 3.05. The Morgan fingerprint density at radius 3 is 2.28 bits per heavy atom. The number of nitrogens with zero attached hydrogens (tertiary/aromatic N) is 2. The van der Waals surface area contributed by atoms with Crippen LogP contribution in [-0.2, 0) is 25.7 Å². The molecule has 25 heavy (non-hydrogen) atoms. The molecule has 0 aliphatic rings. The summed E-state index contributed by atoms with van der Waals surface area (Å²) in [7, 11) is 0. The smallest absolute Gasteiger partial charge is 0.157 e. The molecule has 0 saturated heterocycles. The second-order valence-electron chi connectivity index (χ2n) is 6.04. The Kier molecular flexibility index (Phi) is 5.18. The topological polar surface area (TPSA) is 102 Å². The number of hydrogen-bond acceptors (Lipinski definition) is 5. The molecular formula is C19H21N3O3. The van der Waals surface area contributed by atoms with E-state index in [9.17, 15) is 15.3 Å². The van der Waals surface area contributed by atoms with Crippen molar-refractivity contribution in [1.29, 1.82) is 0 Å². The van der Waals surface area contributed by atoms with Crippen LogP contribution in [0.2, 0.25) is 0 Å². The average molecular weight is 339 g/mol. The lowest BCUT2D eigenvalue weighted by atomic mass is 10.1. The Balaban J connectivity index is 1.46. The zero-order chi connectivity index (χ0) is 17.6. The monoisotopic (exact) mass is 339 g/mol. The lowest BCUT2D eigenvalue weighted by Crippen LogP contribution is -1.95. The van der Waals surface area contributed by atoms with Gasteiger partial charge in [0.25, 0.3) is 0 Å². The molecule has 3 rings (SSSR count). The first-order valence-corrected chi connectivity index (χ1v) is 8.29. The molecule has 3 aromatic rings. The van der Waals surface area contributed by atoms with E-state index in [1.807, 2.05) is 12.1 Å². The molecule has 0 atom stereocenters. The van der Waals surface area contributed by atoms with Gasteiger partial charge in [0.05, 0.1) is 0 Å². The fraction of sp³-hybridized carbons (Fsp3) is 0.263. The summed E-state index contributed by atoms with van der Waals surface area (Å²) in [6, 6.07) is 12.0. The van der Waals surface area contributed by atoms with Gasteiger partial charge in [-0.25, -0.2) is 4.98 Å². The van der Waals surface area contributed by atoms with Gasteiger partial charge in [-0.15, -0.1) is 0 Å². The summed E-state index contributed by atoms with van der Waals surface area (Å²) in [5.74, 6) is 1.71. The Morgan fingerprint density at radius 1 is 0.760 bits per heavy atom. The molecule has 0 aliphatic heterocycles. The van der Waals surface area contributed by atoms with Crippen LogP contribution in [0.15, 0.2) is 42.5 Å². The minimum Gasteiger partial charge on any atom is -0.508 e. The molecule has 6 heteroatoms. The van der Waals surface area contributed by atoms with Gasteiger partial charge in [0.15, 0.2) is 17.3 Å². The summed E-state index contributed by atoms with van der Waals surface area (Å²) in [6.45, 7) is 0. The molecule has 4 N–H and O–H groups in total. The summed E-state index contributed by atoms with van der Waals surface area (Å²) in [4.78, 5) is 4.50. The van der Waals surface area contributed by atoms with Crippen LogP contribution in [0.4, 0.5) is 0 Å². The van der Waals surface area contributed by atoms with E-state index in [4.69, 9.17) is 0 Å². The van der Waals surface area contributed by atoms with Crippen molar-refractivity contribution in [2.75, 3.05) is 0 Å². The Hall–Kier alpha value is -3.02. The first kappa shape index (κ1) is 16.8. The number of phenolic OH excluding ortho intramolecular Hbond substituents is 3. The van der Waals surface area contributed by atoms with Crippen molar-refractivity contribution < 1.29 is 15.3 Å². The Morgan fingerprint density at radius 2 is 1.52 bits per heavy atom. The van der Waals surface area contributed by atoms with Crippen LogP contribution in [0, 0.1) is 0 Å². The van der Waals surface area contributed by atoms with Crippen LogP contribution in [0.25, 0.3) is 0 Å². The number of phenols is 3. The molecule has 0 fully saturated rings. The minimum atomic E-state index is -0.0998. The second-order valence-corrected chi connectivity index (χ2v) is 6.04. The second kappa shape index (κ2) is 7.70. The van der Waals surface area contributed by atoms with Crippen molar-refractivity contribution in [2.24, 2.45) is 0 Å². The molecule has 0 amide bonds. The number of benzene rings is 2. The highest BCUT2D eigenvalue weighted by molar-refractivity contribution is 5.40. The molecule has 6 nitrogen and oxygen atoms in total. The summed E-state index contributed by atoms with van der Waals surface area (Å²) in [6.07, 6.45) is 4.00. The third-order valence-electron chi connectivity index (χ3n) is 4.07. The molecule has 0 unspecified atom stereocenters. The van der Waals surface area contributed by atoms with Gasteiger partial charge in [-0.1, -0.05) is 18.2 Å². The van der Waals surface area contributed by atoms with Crippen molar-refractivity contribution in [3.63, 3.8) is 0 Å². The van der Waals surface area contributed by atoms with E-state index in [2.05, 4.69) is 15.2 Å². The number of aromatic hydroxyl groups is 3. The third kappa shape index (κ3) is 4.73. The lowest BCUT2D eigenvalue weighted by molar-refractivity contribution is 0.403. The van der Waals surface area contributed by atoms with Gasteiger partial charge in [0.2, 0.25) is 0 Å². The summed E-state index contributed by atoms with van der Waals surface area (Å²) in [5, 5.41) is 35.3. The highest BCUT2D eigenvalue weighted by Gasteiger charge is 2.05. The standard InChI is InChI=1S/C19H21N3O3/c23-15-8-4-13(5-9-15)7-11-19-20-18(21-22-19)3-1-2-14-6-10-16(24)17(25)12-14/h4-6,8-10,12,23-25H,1-3,7,11H2,(H,20,21,22). The van der Waals surface area contributed by atoms with E-state index in [0.29, 0.717) is 0 Å². The van der Waals surface area contributed by atoms with Crippen LogP contribution in [-0.4, -0.2) is 30.5 Å². The van der Waals surface area contributed by atoms with Gasteiger partial charge < -0.3 is 15.3 Å². The summed E-state index contributed by atoms with van der Waals surface area (Å²) >= 11 is 0. The molecule has 1 heterocycles. The number of aryl methyl sites for hydroxylation is 4. The highest BCUT2D eigenvalue weighted by Crippen LogP contribution is 2.25. The first-order chi connectivity index (χ1) is 12.1. The van der Waals surface area contributed by atoms with E-state index < -0.39 is 0 Å². The normalized spacial score (nSPS) is 10.9. The van der Waals surface area contributed by atoms with E-state index >= 15 is 0 Å². The fourth-order valence-corrected chi connectivity index (χ4v) is 2.66. The Bertz CT molecular complexity index is 828. The molecule has 0 aliphatic carbocycles. The maximum atomic E-state index is 9.50. The number of nitrogens with one attached hydrogen (secondary N) is 1. The SMILES string of the molecule is Oc1ccc(CCc2n[nH]c(CCCc3ccc(O)c(O)c3)n2)cc1. The van der Waals surface area contributed by atoms with Crippen LogP contribution in [0.3, 0.4) is 0 Å². The molecule has 2 aromatic carbocycles. The van der Waals surface area contributed by atoms with Gasteiger partial charge in [-0.05, 0) is 54.7 Å². The zero-order valence-electron chi connectivity index (χ0n) is 13.8. The first-order valence-electron chi connectivity index (χ1n) is 8.29. The summed E-state index contributed by atoms with van der Waals surface area (Å²) < 4.78 is 0. The van der Waals surface area contributed by atoms with Crippen molar-refractivity contribution in [2.45, 2.75) is 32.1 Å². The largest absolute Gasteiger partial charge is 0.508 e. The van der Waals surface area contributed by atoms with E-state index in [1.165, 1.54) is 6.07 Å². The predicted octanol–water partition coefficient (Wildman–Crippen LogP) is 2.88. The van der Waals surface area contributed by atoms with Gasteiger partial charge in [0, 0.05) is 12.8 Å². The maximum absolute atomic E-state index is 9.50. The Labute approximate surface area is 145 Å². The molecule has 130 valence electrons. The number of aromatic amines is 1. The van der Waals surface area contributed by atoms with Gasteiger partial charge in [-0.3, -0.25) is 5.10 Å². The van der Waals surface area contributed by atoms with Crippen molar-refractivity contribution >= 4 is 0 Å². The quantitative estimate of drug-likeness (QED) is 0.496. The maximum Gasteiger partial charge on any atom is 0.157 e. The van der Waals surface area contributed by atoms with Gasteiger partial charge in [0.1, 0.15) is 11.6 Å². The molecule has 0 radical (unpaired) electrons. The van der Waals surface area contributed by atoms with Gasteiger partial charge in [-0.2, -0.15) is 5.10 Å². The van der Waals surface area contributed by atoms with Crippen molar-refractivity contribution in [1.82, 2.24) is 15.2 Å². The fourth-order valence-electron chi connectivity index (χ4n) is 2.66. The lowest BCUT2D eigenvalue weighted by Gasteiger charge is -2.02.